The molecule has 9 nitrogen and oxygen atoms in total. The van der Waals surface area contributed by atoms with Crippen LogP contribution in [0, 0.1) is 22.6 Å². The van der Waals surface area contributed by atoms with Crippen molar-refractivity contribution in [3.05, 3.63) is 35.3 Å². The number of nitrogens with zero attached hydrogens (tertiary/aromatic N) is 4. The van der Waals surface area contributed by atoms with Gasteiger partial charge in [-0.25, -0.2) is 14.1 Å². The Bertz CT molecular complexity index is 742. The molecule has 0 aliphatic heterocycles. The number of nitrogens with one attached hydrogen (secondary N) is 2. The summed E-state index contributed by atoms with van der Waals surface area (Å²) < 4.78 is 22.7. The SMILES string of the molecule is COCCNc1nonc1C(=N)N(O)c1ccc(F)c(C#N)c1. The maximum absolute atomic E-state index is 13.3. The normalized spacial score (nSPS) is 10.2. The first-order chi connectivity index (χ1) is 11.1. The molecule has 2 aromatic rings. The fourth-order valence-corrected chi connectivity index (χ4v) is 1.69. The molecule has 1 aromatic carbocycles. The Morgan fingerprint density at radius 1 is 1.57 bits per heavy atom. The Morgan fingerprint density at radius 3 is 3.04 bits per heavy atom. The molecule has 0 spiro atoms. The number of halogens is 1. The summed E-state index contributed by atoms with van der Waals surface area (Å²) in [6.07, 6.45) is 0. The van der Waals surface area contributed by atoms with Crippen molar-refractivity contribution >= 4 is 17.3 Å². The summed E-state index contributed by atoms with van der Waals surface area (Å²) in [6.45, 7) is 0.789. The van der Waals surface area contributed by atoms with Gasteiger partial charge < -0.3 is 10.1 Å². The van der Waals surface area contributed by atoms with Gasteiger partial charge in [-0.1, -0.05) is 0 Å². The highest BCUT2D eigenvalue weighted by molar-refractivity contribution is 6.07. The van der Waals surface area contributed by atoms with Crippen LogP contribution in [0.15, 0.2) is 22.8 Å². The summed E-state index contributed by atoms with van der Waals surface area (Å²) >= 11 is 0. The number of aromatic nitrogens is 2. The molecule has 0 saturated carbocycles. The minimum Gasteiger partial charge on any atom is -0.383 e. The minimum absolute atomic E-state index is 0.0267. The molecule has 0 saturated heterocycles. The molecule has 0 fully saturated rings. The highest BCUT2D eigenvalue weighted by atomic mass is 19.1. The van der Waals surface area contributed by atoms with Crippen LogP contribution in [0.5, 0.6) is 0 Å². The summed E-state index contributed by atoms with van der Waals surface area (Å²) in [6, 6.07) is 5.00. The van der Waals surface area contributed by atoms with E-state index in [1.165, 1.54) is 13.2 Å². The van der Waals surface area contributed by atoms with Crippen LogP contribution in [0.2, 0.25) is 0 Å². The Balaban J connectivity index is 2.20. The van der Waals surface area contributed by atoms with Gasteiger partial charge >= 0.3 is 0 Å². The number of hydrogen-bond donors (Lipinski definition) is 3. The van der Waals surface area contributed by atoms with E-state index in [2.05, 4.69) is 20.3 Å². The molecule has 23 heavy (non-hydrogen) atoms. The largest absolute Gasteiger partial charge is 0.383 e. The van der Waals surface area contributed by atoms with Gasteiger partial charge in [-0.2, -0.15) is 5.26 Å². The van der Waals surface area contributed by atoms with Crippen LogP contribution < -0.4 is 10.4 Å². The molecule has 120 valence electrons. The van der Waals surface area contributed by atoms with E-state index in [9.17, 15) is 9.60 Å². The van der Waals surface area contributed by atoms with Gasteiger partial charge in [-0.3, -0.25) is 10.6 Å². The van der Waals surface area contributed by atoms with Gasteiger partial charge in [0.15, 0.2) is 11.5 Å². The van der Waals surface area contributed by atoms with Crippen LogP contribution in [0.4, 0.5) is 15.9 Å². The lowest BCUT2D eigenvalue weighted by Crippen LogP contribution is -2.28. The van der Waals surface area contributed by atoms with E-state index in [-0.39, 0.29) is 22.8 Å². The number of methoxy groups -OCH3 is 1. The van der Waals surface area contributed by atoms with Crippen molar-refractivity contribution in [2.24, 2.45) is 0 Å². The average molecular weight is 320 g/mol. The number of nitriles is 1. The lowest BCUT2D eigenvalue weighted by Gasteiger charge is -2.16. The van der Waals surface area contributed by atoms with Gasteiger partial charge in [-0.15, -0.1) is 0 Å². The maximum atomic E-state index is 13.3. The van der Waals surface area contributed by atoms with Crippen LogP contribution >= 0.6 is 0 Å². The summed E-state index contributed by atoms with van der Waals surface area (Å²) in [5, 5.41) is 37.3. The van der Waals surface area contributed by atoms with E-state index < -0.39 is 11.7 Å². The third-order valence-corrected chi connectivity index (χ3v) is 2.84. The molecule has 0 radical (unpaired) electrons. The zero-order valence-corrected chi connectivity index (χ0v) is 12.1. The van der Waals surface area contributed by atoms with Gasteiger partial charge in [0.25, 0.3) is 0 Å². The Hall–Kier alpha value is -3.03. The standard InChI is InChI=1S/C13H13FN6O3/c1-22-5-4-17-13-11(18-23-19-13)12(16)20(21)9-2-3-10(14)8(6-9)7-15/h2-3,6,16,21H,4-5H2,1H3,(H,17,19). The zero-order chi connectivity index (χ0) is 16.8. The third-order valence-electron chi connectivity index (χ3n) is 2.84. The van der Waals surface area contributed by atoms with E-state index in [1.54, 1.807) is 6.07 Å². The number of hydrogen-bond acceptors (Lipinski definition) is 8. The van der Waals surface area contributed by atoms with Crippen LogP contribution in [-0.2, 0) is 4.74 Å². The summed E-state index contributed by atoms with van der Waals surface area (Å²) in [7, 11) is 1.53. The van der Waals surface area contributed by atoms with Crippen molar-refractivity contribution in [2.45, 2.75) is 0 Å². The molecule has 0 aliphatic carbocycles. The second-order valence-corrected chi connectivity index (χ2v) is 4.32. The summed E-state index contributed by atoms with van der Waals surface area (Å²) in [4.78, 5) is 0. The van der Waals surface area contributed by atoms with Crippen LogP contribution in [0.3, 0.4) is 0 Å². The van der Waals surface area contributed by atoms with E-state index in [0.717, 1.165) is 12.1 Å². The molecule has 0 atom stereocenters. The lowest BCUT2D eigenvalue weighted by molar-refractivity contribution is 0.210. The maximum Gasteiger partial charge on any atom is 0.202 e. The Morgan fingerprint density at radius 2 is 2.35 bits per heavy atom. The second-order valence-electron chi connectivity index (χ2n) is 4.32. The number of ether oxygens (including phenoxy) is 1. The molecule has 2 rings (SSSR count). The van der Waals surface area contributed by atoms with Crippen LogP contribution in [0.25, 0.3) is 0 Å². The summed E-state index contributed by atoms with van der Waals surface area (Å²) in [5.41, 5.74) is -0.281. The Labute approximate surface area is 130 Å². The second kappa shape index (κ2) is 7.30. The van der Waals surface area contributed by atoms with Gasteiger partial charge in [0.1, 0.15) is 11.9 Å². The fraction of sp³-hybridized carbons (Fsp3) is 0.231. The quantitative estimate of drug-likeness (QED) is 0.315. The number of hydroxylamine groups is 1. The smallest absolute Gasteiger partial charge is 0.202 e. The number of anilines is 2. The number of rotatable bonds is 6. The highest BCUT2D eigenvalue weighted by Crippen LogP contribution is 2.20. The van der Waals surface area contributed by atoms with Crippen molar-refractivity contribution in [3.63, 3.8) is 0 Å². The molecule has 1 heterocycles. The molecule has 0 aliphatic rings. The monoisotopic (exact) mass is 320 g/mol. The highest BCUT2D eigenvalue weighted by Gasteiger charge is 2.21. The molecule has 0 bridgehead atoms. The minimum atomic E-state index is -0.721. The molecule has 1 aromatic heterocycles. The molecular formula is C13H13FN6O3. The molecule has 3 N–H and O–H groups in total. The van der Waals surface area contributed by atoms with E-state index in [1.807, 2.05) is 0 Å². The van der Waals surface area contributed by atoms with Gasteiger partial charge in [0.2, 0.25) is 5.82 Å². The first-order valence-corrected chi connectivity index (χ1v) is 6.41. The van der Waals surface area contributed by atoms with Crippen molar-refractivity contribution in [3.8, 4) is 6.07 Å². The zero-order valence-electron chi connectivity index (χ0n) is 12.1. The van der Waals surface area contributed by atoms with E-state index in [4.69, 9.17) is 15.4 Å². The van der Waals surface area contributed by atoms with Crippen molar-refractivity contribution in [1.29, 1.82) is 10.7 Å². The molecular weight excluding hydrogens is 307 g/mol. The Kier molecular flexibility index (Phi) is 5.19. The molecule has 0 unspecified atom stereocenters. The van der Waals surface area contributed by atoms with Crippen molar-refractivity contribution in [1.82, 2.24) is 10.3 Å². The van der Waals surface area contributed by atoms with E-state index in [0.29, 0.717) is 18.2 Å². The van der Waals surface area contributed by atoms with Crippen LogP contribution in [0.1, 0.15) is 11.3 Å². The fourth-order valence-electron chi connectivity index (χ4n) is 1.69. The van der Waals surface area contributed by atoms with Gasteiger partial charge in [0.05, 0.1) is 17.9 Å². The average Bonchev–Trinajstić information content (AvgIpc) is 3.02. The third kappa shape index (κ3) is 3.60. The predicted molar refractivity (Wildman–Crippen MR) is 76.9 cm³/mol. The van der Waals surface area contributed by atoms with Crippen molar-refractivity contribution < 1.29 is 19.0 Å². The lowest BCUT2D eigenvalue weighted by atomic mass is 10.2. The number of amidine groups is 1. The van der Waals surface area contributed by atoms with Crippen LogP contribution in [-0.4, -0.2) is 41.6 Å². The number of benzene rings is 1. The summed E-state index contributed by atoms with van der Waals surface area (Å²) in [5.74, 6) is -1.03. The van der Waals surface area contributed by atoms with Gasteiger partial charge in [0, 0.05) is 13.7 Å². The molecule has 0 amide bonds. The van der Waals surface area contributed by atoms with E-state index >= 15 is 0 Å². The predicted octanol–water partition coefficient (Wildman–Crippen LogP) is 1.36. The topological polar surface area (TPSA) is 131 Å². The van der Waals surface area contributed by atoms with Crippen molar-refractivity contribution in [2.75, 3.05) is 30.6 Å². The first kappa shape index (κ1) is 16.3. The van der Waals surface area contributed by atoms with Gasteiger partial charge in [-0.05, 0) is 28.5 Å². The molecule has 10 heteroatoms. The first-order valence-electron chi connectivity index (χ1n) is 6.41.